The van der Waals surface area contributed by atoms with Crippen molar-refractivity contribution in [1.29, 1.82) is 0 Å². The Morgan fingerprint density at radius 1 is 1.37 bits per heavy atom. The average Bonchev–Trinajstić information content (AvgIpc) is 3.08. The summed E-state index contributed by atoms with van der Waals surface area (Å²) in [6, 6.07) is 6.25. The van der Waals surface area contributed by atoms with Gasteiger partial charge in [0.1, 0.15) is 23.1 Å². The fraction of sp³-hybridized carbons (Fsp3) is 0.400. The number of rotatable bonds is 2. The predicted molar refractivity (Wildman–Crippen MR) is 74.2 cm³/mol. The minimum atomic E-state index is 0.610. The Morgan fingerprint density at radius 3 is 3.00 bits per heavy atom. The van der Waals surface area contributed by atoms with E-state index in [2.05, 4.69) is 12.1 Å². The largest absolute Gasteiger partial charge is 0.493 e. The first kappa shape index (κ1) is 10.9. The van der Waals surface area contributed by atoms with Gasteiger partial charge in [-0.1, -0.05) is 0 Å². The molecule has 0 bridgehead atoms. The highest BCUT2D eigenvalue weighted by molar-refractivity contribution is 5.72. The normalized spacial score (nSPS) is 17.3. The number of hydrogen-bond donors (Lipinski definition) is 1. The zero-order valence-corrected chi connectivity index (χ0v) is 11.0. The second-order valence-electron chi connectivity index (χ2n) is 5.46. The van der Waals surface area contributed by atoms with E-state index in [9.17, 15) is 0 Å². The number of nitrogens with zero attached hydrogens (tertiary/aromatic N) is 2. The zero-order chi connectivity index (χ0) is 13.0. The van der Waals surface area contributed by atoms with Crippen molar-refractivity contribution in [3.8, 4) is 17.0 Å². The van der Waals surface area contributed by atoms with E-state index in [1.54, 1.807) is 0 Å². The topological polar surface area (TPSA) is 53.1 Å². The number of imidazole rings is 1. The van der Waals surface area contributed by atoms with Crippen molar-refractivity contribution < 1.29 is 4.74 Å². The van der Waals surface area contributed by atoms with E-state index in [1.165, 1.54) is 18.4 Å². The molecule has 1 aliphatic heterocycles. The average molecular weight is 255 g/mol. The summed E-state index contributed by atoms with van der Waals surface area (Å²) >= 11 is 0. The van der Waals surface area contributed by atoms with Crippen molar-refractivity contribution in [3.63, 3.8) is 0 Å². The Labute approximate surface area is 112 Å². The van der Waals surface area contributed by atoms with Crippen LogP contribution >= 0.6 is 0 Å². The van der Waals surface area contributed by atoms with Crippen molar-refractivity contribution in [2.24, 2.45) is 7.05 Å². The molecule has 0 atom stereocenters. The van der Waals surface area contributed by atoms with Crippen LogP contribution in [0.4, 0.5) is 5.82 Å². The molecular formula is C15H17N3O. The lowest BCUT2D eigenvalue weighted by atomic mass is 10.1. The van der Waals surface area contributed by atoms with E-state index in [0.717, 1.165) is 41.7 Å². The van der Waals surface area contributed by atoms with Crippen LogP contribution in [0.15, 0.2) is 18.2 Å². The molecule has 4 nitrogen and oxygen atoms in total. The van der Waals surface area contributed by atoms with Crippen molar-refractivity contribution in [1.82, 2.24) is 9.55 Å². The SMILES string of the molecule is Cn1c(C2CC2)nc(-c2ccc3c(c2)CCO3)c1N. The molecule has 4 rings (SSSR count). The van der Waals surface area contributed by atoms with Crippen molar-refractivity contribution >= 4 is 5.82 Å². The maximum atomic E-state index is 6.22. The minimum Gasteiger partial charge on any atom is -0.493 e. The van der Waals surface area contributed by atoms with Gasteiger partial charge in [0.15, 0.2) is 0 Å². The van der Waals surface area contributed by atoms with E-state index < -0.39 is 0 Å². The number of fused-ring (bicyclic) bond motifs is 1. The van der Waals surface area contributed by atoms with Gasteiger partial charge in [-0.2, -0.15) is 0 Å². The third-order valence-corrected chi connectivity index (χ3v) is 4.08. The van der Waals surface area contributed by atoms with Crippen LogP contribution in [-0.2, 0) is 13.5 Å². The van der Waals surface area contributed by atoms with Crippen LogP contribution in [0.5, 0.6) is 5.75 Å². The summed E-state index contributed by atoms with van der Waals surface area (Å²) in [5.74, 6) is 3.50. The fourth-order valence-electron chi connectivity index (χ4n) is 2.78. The van der Waals surface area contributed by atoms with Gasteiger partial charge in [0.05, 0.1) is 6.61 Å². The van der Waals surface area contributed by atoms with Crippen LogP contribution in [0.3, 0.4) is 0 Å². The standard InChI is InChI=1S/C15H17N3O/c1-18-14(16)13(17-15(18)9-2-3-9)11-4-5-12-10(8-11)6-7-19-12/h4-5,8-9H,2-3,6-7,16H2,1H3. The quantitative estimate of drug-likeness (QED) is 0.897. The highest BCUT2D eigenvalue weighted by atomic mass is 16.5. The summed E-state index contributed by atoms with van der Waals surface area (Å²) in [6.07, 6.45) is 3.45. The lowest BCUT2D eigenvalue weighted by Crippen LogP contribution is -2.00. The van der Waals surface area contributed by atoms with Gasteiger partial charge in [-0.05, 0) is 36.6 Å². The van der Waals surface area contributed by atoms with Gasteiger partial charge in [-0.25, -0.2) is 4.98 Å². The molecule has 2 aromatic rings. The van der Waals surface area contributed by atoms with Crippen LogP contribution in [0.1, 0.15) is 30.1 Å². The molecule has 19 heavy (non-hydrogen) atoms. The summed E-state index contributed by atoms with van der Waals surface area (Å²) in [5, 5.41) is 0. The highest BCUT2D eigenvalue weighted by Crippen LogP contribution is 2.42. The molecule has 1 aromatic carbocycles. The number of ether oxygens (including phenoxy) is 1. The van der Waals surface area contributed by atoms with E-state index in [1.807, 2.05) is 17.7 Å². The molecular weight excluding hydrogens is 238 g/mol. The summed E-state index contributed by atoms with van der Waals surface area (Å²) < 4.78 is 7.58. The number of aromatic nitrogens is 2. The van der Waals surface area contributed by atoms with E-state index in [-0.39, 0.29) is 0 Å². The van der Waals surface area contributed by atoms with Gasteiger partial charge < -0.3 is 15.0 Å². The second kappa shape index (κ2) is 3.76. The smallest absolute Gasteiger partial charge is 0.131 e. The maximum Gasteiger partial charge on any atom is 0.131 e. The van der Waals surface area contributed by atoms with E-state index >= 15 is 0 Å². The van der Waals surface area contributed by atoms with E-state index in [0.29, 0.717) is 5.92 Å². The lowest BCUT2D eigenvalue weighted by molar-refractivity contribution is 0.357. The van der Waals surface area contributed by atoms with Gasteiger partial charge >= 0.3 is 0 Å². The Bertz CT molecular complexity index is 656. The van der Waals surface area contributed by atoms with E-state index in [4.69, 9.17) is 15.5 Å². The van der Waals surface area contributed by atoms with Crippen molar-refractivity contribution in [2.45, 2.75) is 25.2 Å². The second-order valence-corrected chi connectivity index (χ2v) is 5.46. The molecule has 1 fully saturated rings. The van der Waals surface area contributed by atoms with Crippen LogP contribution in [0.2, 0.25) is 0 Å². The van der Waals surface area contributed by atoms with Crippen molar-refractivity contribution in [3.05, 3.63) is 29.6 Å². The monoisotopic (exact) mass is 255 g/mol. The first-order valence-electron chi connectivity index (χ1n) is 6.82. The molecule has 98 valence electrons. The molecule has 2 aliphatic rings. The summed E-state index contributed by atoms with van der Waals surface area (Å²) in [4.78, 5) is 4.76. The molecule has 0 saturated heterocycles. The minimum absolute atomic E-state index is 0.610. The molecule has 4 heteroatoms. The molecule has 0 amide bonds. The van der Waals surface area contributed by atoms with Crippen LogP contribution in [0.25, 0.3) is 11.3 Å². The molecule has 1 aromatic heterocycles. The fourth-order valence-corrected chi connectivity index (χ4v) is 2.78. The zero-order valence-electron chi connectivity index (χ0n) is 11.0. The molecule has 0 spiro atoms. The molecule has 1 aliphatic carbocycles. The maximum absolute atomic E-state index is 6.22. The third-order valence-electron chi connectivity index (χ3n) is 4.08. The molecule has 2 N–H and O–H groups in total. The number of hydrogen-bond acceptors (Lipinski definition) is 3. The predicted octanol–water partition coefficient (Wildman–Crippen LogP) is 2.48. The van der Waals surface area contributed by atoms with Gasteiger partial charge in [0.2, 0.25) is 0 Å². The Morgan fingerprint density at radius 2 is 2.21 bits per heavy atom. The van der Waals surface area contributed by atoms with Crippen LogP contribution in [0, 0.1) is 0 Å². The van der Waals surface area contributed by atoms with Crippen LogP contribution < -0.4 is 10.5 Å². The molecule has 1 saturated carbocycles. The van der Waals surface area contributed by atoms with Gasteiger partial charge in [0, 0.05) is 24.9 Å². The Balaban J connectivity index is 1.81. The van der Waals surface area contributed by atoms with Gasteiger partial charge in [0.25, 0.3) is 0 Å². The number of benzene rings is 1. The number of nitrogens with two attached hydrogens (primary N) is 1. The Kier molecular flexibility index (Phi) is 2.16. The molecule has 0 radical (unpaired) electrons. The van der Waals surface area contributed by atoms with Gasteiger partial charge in [-0.15, -0.1) is 0 Å². The Hall–Kier alpha value is -1.97. The number of nitrogen functional groups attached to an aromatic ring is 1. The van der Waals surface area contributed by atoms with Crippen LogP contribution in [-0.4, -0.2) is 16.2 Å². The summed E-state index contributed by atoms with van der Waals surface area (Å²) in [5.41, 5.74) is 9.49. The van der Waals surface area contributed by atoms with Crippen molar-refractivity contribution in [2.75, 3.05) is 12.3 Å². The first-order chi connectivity index (χ1) is 9.24. The summed E-state index contributed by atoms with van der Waals surface area (Å²) in [6.45, 7) is 0.782. The van der Waals surface area contributed by atoms with Gasteiger partial charge in [-0.3, -0.25) is 0 Å². The highest BCUT2D eigenvalue weighted by Gasteiger charge is 2.30. The molecule has 0 unspecified atom stereocenters. The third kappa shape index (κ3) is 1.63. The summed E-state index contributed by atoms with van der Waals surface area (Å²) in [7, 11) is 2.01. The molecule has 2 heterocycles. The lowest BCUT2D eigenvalue weighted by Gasteiger charge is -2.03. The number of anilines is 1. The first-order valence-corrected chi connectivity index (χ1v) is 6.82.